The van der Waals surface area contributed by atoms with Crippen molar-refractivity contribution < 1.29 is 0 Å². The molecule has 4 heteroatoms. The van der Waals surface area contributed by atoms with Gasteiger partial charge in [0.05, 0.1) is 0 Å². The quantitative estimate of drug-likeness (QED) is 0.191. The van der Waals surface area contributed by atoms with E-state index in [2.05, 4.69) is 115 Å². The van der Waals surface area contributed by atoms with Gasteiger partial charge in [-0.1, -0.05) is 133 Å². The molecular formula is C41H25N3S. The summed E-state index contributed by atoms with van der Waals surface area (Å²) in [5, 5.41) is 7.62. The molecule has 9 rings (SSSR count). The molecule has 3 nitrogen and oxygen atoms in total. The summed E-state index contributed by atoms with van der Waals surface area (Å²) in [5.74, 6) is 1.99. The maximum atomic E-state index is 5.05. The molecule has 0 N–H and O–H groups in total. The van der Waals surface area contributed by atoms with Crippen LogP contribution in [0.1, 0.15) is 0 Å². The lowest BCUT2D eigenvalue weighted by Gasteiger charge is -2.09. The lowest BCUT2D eigenvalue weighted by Crippen LogP contribution is -2.00. The Balaban J connectivity index is 1.21. The van der Waals surface area contributed by atoms with Gasteiger partial charge in [-0.05, 0) is 45.5 Å². The molecule has 0 radical (unpaired) electrons. The van der Waals surface area contributed by atoms with Gasteiger partial charge in [0.15, 0.2) is 17.5 Å². The lowest BCUT2D eigenvalue weighted by molar-refractivity contribution is 1.07. The Labute approximate surface area is 264 Å². The molecule has 0 spiro atoms. The third kappa shape index (κ3) is 4.46. The molecule has 0 saturated heterocycles. The Morgan fingerprint density at radius 2 is 0.889 bits per heavy atom. The van der Waals surface area contributed by atoms with E-state index in [0.717, 1.165) is 22.3 Å². The van der Waals surface area contributed by atoms with Crippen LogP contribution in [0.5, 0.6) is 0 Å². The third-order valence-electron chi connectivity index (χ3n) is 8.52. The van der Waals surface area contributed by atoms with E-state index in [-0.39, 0.29) is 0 Å². The van der Waals surface area contributed by atoms with Crippen LogP contribution in [-0.4, -0.2) is 15.0 Å². The smallest absolute Gasteiger partial charge is 0.164 e. The molecule has 0 aliphatic rings. The van der Waals surface area contributed by atoms with Gasteiger partial charge in [-0.3, -0.25) is 0 Å². The fourth-order valence-electron chi connectivity index (χ4n) is 6.25. The molecule has 2 aromatic heterocycles. The number of thiophene rings is 1. The molecule has 0 fully saturated rings. The van der Waals surface area contributed by atoms with Crippen LogP contribution >= 0.6 is 11.3 Å². The van der Waals surface area contributed by atoms with Crippen LogP contribution in [0.3, 0.4) is 0 Å². The van der Waals surface area contributed by atoms with E-state index in [0.29, 0.717) is 17.5 Å². The van der Waals surface area contributed by atoms with Crippen LogP contribution < -0.4 is 0 Å². The minimum atomic E-state index is 0.659. The summed E-state index contributed by atoms with van der Waals surface area (Å²) in [6.45, 7) is 0. The van der Waals surface area contributed by atoms with Crippen molar-refractivity contribution in [2.75, 3.05) is 0 Å². The van der Waals surface area contributed by atoms with E-state index >= 15 is 0 Å². The van der Waals surface area contributed by atoms with Crippen molar-refractivity contribution in [2.24, 2.45) is 0 Å². The monoisotopic (exact) mass is 591 g/mol. The van der Waals surface area contributed by atoms with Crippen LogP contribution in [0.15, 0.2) is 152 Å². The normalized spacial score (nSPS) is 11.6. The lowest BCUT2D eigenvalue weighted by atomic mass is 9.99. The average molecular weight is 592 g/mol. The second-order valence-electron chi connectivity index (χ2n) is 11.3. The predicted molar refractivity (Wildman–Crippen MR) is 189 cm³/mol. The van der Waals surface area contributed by atoms with Crippen LogP contribution in [0, 0.1) is 0 Å². The highest BCUT2D eigenvalue weighted by molar-refractivity contribution is 7.26. The second-order valence-corrected chi connectivity index (χ2v) is 12.3. The van der Waals surface area contributed by atoms with Crippen molar-refractivity contribution in [2.45, 2.75) is 0 Å². The molecule has 0 unspecified atom stereocenters. The Bertz CT molecular complexity index is 2520. The first-order valence-corrected chi connectivity index (χ1v) is 15.8. The average Bonchev–Trinajstić information content (AvgIpc) is 3.50. The largest absolute Gasteiger partial charge is 0.208 e. The van der Waals surface area contributed by atoms with E-state index in [9.17, 15) is 0 Å². The summed E-state index contributed by atoms with van der Waals surface area (Å²) in [5.41, 5.74) is 5.23. The highest BCUT2D eigenvalue weighted by Crippen LogP contribution is 2.42. The van der Waals surface area contributed by atoms with E-state index in [1.165, 1.54) is 47.3 Å². The Hall–Kier alpha value is -5.71. The summed E-state index contributed by atoms with van der Waals surface area (Å²) in [7, 11) is 0. The zero-order valence-corrected chi connectivity index (χ0v) is 25.0. The van der Waals surface area contributed by atoms with Crippen molar-refractivity contribution in [3.05, 3.63) is 152 Å². The first-order valence-electron chi connectivity index (χ1n) is 15.0. The molecule has 0 aliphatic heterocycles. The molecule has 0 atom stereocenters. The maximum Gasteiger partial charge on any atom is 0.164 e. The predicted octanol–water partition coefficient (Wildman–Crippen LogP) is 11.2. The summed E-state index contributed by atoms with van der Waals surface area (Å²) >= 11 is 1.86. The zero-order valence-electron chi connectivity index (χ0n) is 24.2. The van der Waals surface area contributed by atoms with Gasteiger partial charge >= 0.3 is 0 Å². The molecule has 0 saturated carbocycles. The van der Waals surface area contributed by atoms with Crippen molar-refractivity contribution in [1.29, 1.82) is 0 Å². The first kappa shape index (κ1) is 25.8. The summed E-state index contributed by atoms with van der Waals surface area (Å²) in [6, 6.07) is 53.2. The molecule has 7 aromatic carbocycles. The topological polar surface area (TPSA) is 38.7 Å². The van der Waals surface area contributed by atoms with E-state index in [1.807, 2.05) is 47.7 Å². The van der Waals surface area contributed by atoms with Crippen LogP contribution in [0.4, 0.5) is 0 Å². The van der Waals surface area contributed by atoms with E-state index < -0.39 is 0 Å². The fourth-order valence-corrected chi connectivity index (χ4v) is 7.51. The molecule has 0 bridgehead atoms. The van der Waals surface area contributed by atoms with Crippen molar-refractivity contribution >= 4 is 53.1 Å². The highest BCUT2D eigenvalue weighted by Gasteiger charge is 2.16. The number of hydrogen-bond acceptors (Lipinski definition) is 4. The van der Waals surface area contributed by atoms with E-state index in [4.69, 9.17) is 15.0 Å². The second kappa shape index (κ2) is 10.5. The molecule has 45 heavy (non-hydrogen) atoms. The summed E-state index contributed by atoms with van der Waals surface area (Å²) < 4.78 is 2.57. The van der Waals surface area contributed by atoms with Gasteiger partial charge < -0.3 is 0 Å². The van der Waals surface area contributed by atoms with Crippen LogP contribution in [0.2, 0.25) is 0 Å². The van der Waals surface area contributed by atoms with E-state index in [1.54, 1.807) is 0 Å². The van der Waals surface area contributed by atoms with Gasteiger partial charge in [-0.2, -0.15) is 0 Å². The molecule has 210 valence electrons. The summed E-state index contributed by atoms with van der Waals surface area (Å²) in [4.78, 5) is 15.0. The molecule has 2 heterocycles. The zero-order chi connectivity index (χ0) is 29.7. The number of nitrogens with zero attached hydrogens (tertiary/aromatic N) is 3. The van der Waals surface area contributed by atoms with Gasteiger partial charge in [0.1, 0.15) is 0 Å². The molecule has 9 aromatic rings. The molecule has 0 amide bonds. The highest BCUT2D eigenvalue weighted by atomic mass is 32.1. The number of benzene rings is 7. The molecular weight excluding hydrogens is 567 g/mol. The van der Waals surface area contributed by atoms with Gasteiger partial charge in [-0.25, -0.2) is 15.0 Å². The van der Waals surface area contributed by atoms with Crippen molar-refractivity contribution in [1.82, 2.24) is 15.0 Å². The van der Waals surface area contributed by atoms with Gasteiger partial charge in [0, 0.05) is 42.2 Å². The number of hydrogen-bond donors (Lipinski definition) is 0. The minimum absolute atomic E-state index is 0.659. The van der Waals surface area contributed by atoms with Gasteiger partial charge in [0.25, 0.3) is 0 Å². The maximum absolute atomic E-state index is 5.05. The number of rotatable bonds is 4. The van der Waals surface area contributed by atoms with Crippen molar-refractivity contribution in [3.8, 4) is 45.3 Å². The fraction of sp³-hybridized carbons (Fsp3) is 0. The van der Waals surface area contributed by atoms with Gasteiger partial charge in [0.2, 0.25) is 0 Å². The number of aromatic nitrogens is 3. The molecule has 0 aliphatic carbocycles. The van der Waals surface area contributed by atoms with Gasteiger partial charge in [-0.15, -0.1) is 11.3 Å². The Morgan fingerprint density at radius 1 is 0.356 bits per heavy atom. The standard InChI is InChI=1S/C41H25N3S/c1-3-9-26(10-4-1)27-15-19-31(20-16-27)40-42-39(30-12-5-2-6-13-30)43-41(44-40)32-22-24-36-35(25-32)34-23-21-29-18-17-28-11-7-8-14-33(28)37(29)38(34)45-36/h1-25H. The minimum Gasteiger partial charge on any atom is -0.208 e. The van der Waals surface area contributed by atoms with Crippen LogP contribution in [0.25, 0.3) is 87.0 Å². The first-order chi connectivity index (χ1) is 22.3. The van der Waals surface area contributed by atoms with Crippen molar-refractivity contribution in [3.63, 3.8) is 0 Å². The summed E-state index contributed by atoms with van der Waals surface area (Å²) in [6.07, 6.45) is 0. The van der Waals surface area contributed by atoms with Crippen LogP contribution in [-0.2, 0) is 0 Å². The Morgan fingerprint density at radius 3 is 1.64 bits per heavy atom. The Kier molecular flexibility index (Phi) is 6.00. The SMILES string of the molecule is c1ccc(-c2ccc(-c3nc(-c4ccccc4)nc(-c4ccc5sc6c(ccc7ccc8ccccc8c76)c5c4)n3)cc2)cc1. The third-order valence-corrected chi connectivity index (χ3v) is 9.72. The number of fused-ring (bicyclic) bond motifs is 7.